The zero-order valence-corrected chi connectivity index (χ0v) is 22.6. The average molecular weight is 557 g/mol. The van der Waals surface area contributed by atoms with E-state index < -0.39 is 5.91 Å². The normalized spacial score (nSPS) is 14.1. The maximum absolute atomic E-state index is 12.5. The number of aromatic hydroxyl groups is 1. The molecule has 38 heavy (non-hydrogen) atoms. The van der Waals surface area contributed by atoms with Gasteiger partial charge in [0.2, 0.25) is 0 Å². The largest absolute Gasteiger partial charge is 0.506 e. The molecular formula is C27H27Cl2FN6O2. The number of nitrogens with one attached hydrogen (secondary N) is 1. The fraction of sp³-hybridized carbons (Fsp3) is 0.259. The van der Waals surface area contributed by atoms with Crippen molar-refractivity contribution in [2.24, 2.45) is 0 Å². The number of nitrogens with zero attached hydrogens (tertiary/aromatic N) is 5. The van der Waals surface area contributed by atoms with Gasteiger partial charge in [0, 0.05) is 24.2 Å². The highest BCUT2D eigenvalue weighted by molar-refractivity contribution is 6.36. The molecule has 11 heteroatoms. The van der Waals surface area contributed by atoms with Crippen molar-refractivity contribution in [3.8, 4) is 11.8 Å². The van der Waals surface area contributed by atoms with Gasteiger partial charge in [0.05, 0.1) is 34.1 Å². The van der Waals surface area contributed by atoms with E-state index >= 15 is 0 Å². The number of carbonyl (C=O) groups is 1. The van der Waals surface area contributed by atoms with Gasteiger partial charge in [-0.05, 0) is 55.8 Å². The number of rotatable bonds is 3. The Morgan fingerprint density at radius 1 is 1.21 bits per heavy atom. The number of fused-ring (bicyclic) bond motifs is 1. The van der Waals surface area contributed by atoms with Gasteiger partial charge in [0.1, 0.15) is 17.4 Å². The molecule has 2 aromatic carbocycles. The lowest BCUT2D eigenvalue weighted by Crippen LogP contribution is -2.37. The summed E-state index contributed by atoms with van der Waals surface area (Å²) in [4.78, 5) is 18.9. The topological polar surface area (TPSA) is 107 Å². The third-order valence-corrected chi connectivity index (χ3v) is 6.10. The predicted octanol–water partition coefficient (Wildman–Crippen LogP) is 5.78. The van der Waals surface area contributed by atoms with E-state index in [1.54, 1.807) is 16.8 Å². The zero-order chi connectivity index (χ0) is 27.8. The summed E-state index contributed by atoms with van der Waals surface area (Å²) in [5.41, 5.74) is 2.19. The number of aryl methyl sites for hydroxylation is 1. The van der Waals surface area contributed by atoms with Crippen molar-refractivity contribution in [3.05, 3.63) is 87.4 Å². The van der Waals surface area contributed by atoms with Gasteiger partial charge in [-0.1, -0.05) is 43.1 Å². The van der Waals surface area contributed by atoms with Gasteiger partial charge < -0.3 is 15.3 Å². The van der Waals surface area contributed by atoms with Crippen LogP contribution in [-0.2, 0) is 0 Å². The fourth-order valence-corrected chi connectivity index (χ4v) is 4.29. The number of phenolic OH excluding ortho intramolecular Hbond substituents is 1. The molecule has 1 aliphatic heterocycles. The molecule has 198 valence electrons. The van der Waals surface area contributed by atoms with E-state index in [4.69, 9.17) is 28.5 Å². The van der Waals surface area contributed by atoms with Crippen LogP contribution in [-0.4, -0.2) is 44.7 Å². The number of carbonyl (C=O) groups excluding carboxylic acids is 1. The number of amides is 1. The van der Waals surface area contributed by atoms with Gasteiger partial charge in [-0.3, -0.25) is 4.79 Å². The first-order valence-electron chi connectivity index (χ1n) is 12.0. The minimum absolute atomic E-state index is 0.0499. The molecule has 0 saturated carbocycles. The highest BCUT2D eigenvalue weighted by Gasteiger charge is 2.27. The molecule has 0 radical (unpaired) electrons. The molecule has 0 aliphatic carbocycles. The molecule has 2 N–H and O–H groups in total. The van der Waals surface area contributed by atoms with Gasteiger partial charge in [0.25, 0.3) is 5.91 Å². The summed E-state index contributed by atoms with van der Waals surface area (Å²) < 4.78 is 14.0. The van der Waals surface area contributed by atoms with Crippen LogP contribution in [0, 0.1) is 24.1 Å². The van der Waals surface area contributed by atoms with Gasteiger partial charge in [-0.2, -0.15) is 5.26 Å². The van der Waals surface area contributed by atoms with Crippen molar-refractivity contribution >= 4 is 40.6 Å². The van der Waals surface area contributed by atoms with E-state index in [1.807, 2.05) is 39.0 Å². The number of imidazole rings is 1. The maximum Gasteiger partial charge on any atom is 0.255 e. The molecule has 4 aromatic rings. The van der Waals surface area contributed by atoms with E-state index in [0.717, 1.165) is 30.1 Å². The van der Waals surface area contributed by atoms with Crippen molar-refractivity contribution in [3.63, 3.8) is 0 Å². The van der Waals surface area contributed by atoms with Crippen LogP contribution in [0.25, 0.3) is 5.65 Å². The second-order valence-electron chi connectivity index (χ2n) is 8.17. The number of halogens is 3. The van der Waals surface area contributed by atoms with Crippen molar-refractivity contribution in [2.45, 2.75) is 33.2 Å². The number of aromatic nitrogens is 3. The number of nitriles is 1. The van der Waals surface area contributed by atoms with Crippen molar-refractivity contribution < 1.29 is 14.3 Å². The Labute approximate surface area is 230 Å². The van der Waals surface area contributed by atoms with Crippen LogP contribution in [0.15, 0.2) is 54.7 Å². The Morgan fingerprint density at radius 3 is 2.66 bits per heavy atom. The summed E-state index contributed by atoms with van der Waals surface area (Å²) >= 11 is 11.8. The Balaban J connectivity index is 0.000000307. The summed E-state index contributed by atoms with van der Waals surface area (Å²) in [6.07, 6.45) is 2.55. The molecule has 0 unspecified atom stereocenters. The van der Waals surface area contributed by atoms with Crippen LogP contribution in [0.2, 0.25) is 10.0 Å². The Hall–Kier alpha value is -3.87. The molecule has 0 bridgehead atoms. The number of benzene rings is 2. The van der Waals surface area contributed by atoms with Gasteiger partial charge >= 0.3 is 0 Å². The molecule has 5 rings (SSSR count). The van der Waals surface area contributed by atoms with Crippen LogP contribution in [0.5, 0.6) is 5.75 Å². The Kier molecular flexibility index (Phi) is 9.88. The van der Waals surface area contributed by atoms with Gasteiger partial charge in [0.15, 0.2) is 5.65 Å². The quantitative estimate of drug-likeness (QED) is 0.331. The monoisotopic (exact) mass is 556 g/mol. The highest BCUT2D eigenvalue weighted by atomic mass is 35.5. The molecule has 1 aliphatic rings. The summed E-state index contributed by atoms with van der Waals surface area (Å²) in [6, 6.07) is 14.0. The lowest BCUT2D eigenvalue weighted by atomic mass is 10.1. The lowest BCUT2D eigenvalue weighted by Gasteiger charge is -2.18. The second kappa shape index (κ2) is 13.1. The van der Waals surface area contributed by atoms with Crippen molar-refractivity contribution in [1.82, 2.24) is 19.9 Å². The number of phenols is 1. The summed E-state index contributed by atoms with van der Waals surface area (Å²) in [5.74, 6) is -0.211. The third-order valence-electron chi connectivity index (χ3n) is 5.59. The average Bonchev–Trinajstić information content (AvgIpc) is 3.54. The molecular weight excluding hydrogens is 530 g/mol. The van der Waals surface area contributed by atoms with Crippen molar-refractivity contribution in [2.75, 3.05) is 18.0 Å². The van der Waals surface area contributed by atoms with Gasteiger partial charge in [-0.15, -0.1) is 5.10 Å². The minimum Gasteiger partial charge on any atom is -0.506 e. The molecule has 3 heterocycles. The summed E-state index contributed by atoms with van der Waals surface area (Å²) in [7, 11) is 0. The molecule has 1 saturated heterocycles. The first-order valence-corrected chi connectivity index (χ1v) is 12.7. The zero-order valence-electron chi connectivity index (χ0n) is 21.1. The Bertz CT molecular complexity index is 1470. The van der Waals surface area contributed by atoms with E-state index in [9.17, 15) is 14.3 Å². The first-order chi connectivity index (χ1) is 18.2. The van der Waals surface area contributed by atoms with E-state index in [-0.39, 0.29) is 28.2 Å². The molecule has 1 amide bonds. The fourth-order valence-electron chi connectivity index (χ4n) is 3.79. The van der Waals surface area contributed by atoms with E-state index in [2.05, 4.69) is 20.3 Å². The molecule has 0 spiro atoms. The third kappa shape index (κ3) is 6.91. The Morgan fingerprint density at radius 2 is 1.97 bits per heavy atom. The molecule has 8 nitrogen and oxygen atoms in total. The standard InChI is InChI=1S/C18H17Cl2N5O2.C7H4FN.C2H6/c1-10-8-21-15-2-3-16(23-25(10)15)24-5-4-12(9-24)22-18(27)13-6-11(19)7-14(20)17(13)26;8-7-3-1-2-6(4-7)5-9;1-2/h2-3,6-8,12,26H,4-5,9H2,1H3,(H,22,27);1-4H;1-2H3/t12-;;/m0../s1. The highest BCUT2D eigenvalue weighted by Crippen LogP contribution is 2.31. The number of hydrogen-bond acceptors (Lipinski definition) is 6. The van der Waals surface area contributed by atoms with Crippen LogP contribution >= 0.6 is 23.2 Å². The molecule has 1 atom stereocenters. The van der Waals surface area contributed by atoms with Crippen LogP contribution in [0.4, 0.5) is 10.2 Å². The molecule has 2 aromatic heterocycles. The van der Waals surface area contributed by atoms with Gasteiger partial charge in [-0.25, -0.2) is 13.9 Å². The van der Waals surface area contributed by atoms with Crippen LogP contribution in [0.1, 0.15) is 41.9 Å². The smallest absolute Gasteiger partial charge is 0.255 e. The number of anilines is 1. The number of hydrogen-bond donors (Lipinski definition) is 2. The van der Waals surface area contributed by atoms with Crippen LogP contribution < -0.4 is 10.2 Å². The predicted molar refractivity (Wildman–Crippen MR) is 146 cm³/mol. The first kappa shape index (κ1) is 28.7. The minimum atomic E-state index is -0.405. The lowest BCUT2D eigenvalue weighted by molar-refractivity contribution is 0.0937. The summed E-state index contributed by atoms with van der Waals surface area (Å²) in [6.45, 7) is 7.33. The van der Waals surface area contributed by atoms with E-state index in [0.29, 0.717) is 17.1 Å². The molecule has 1 fully saturated rings. The van der Waals surface area contributed by atoms with E-state index in [1.165, 1.54) is 30.3 Å². The second-order valence-corrected chi connectivity index (χ2v) is 9.02. The summed E-state index contributed by atoms with van der Waals surface area (Å²) in [5, 5.41) is 26.2. The SMILES string of the molecule is CC.Cc1cnc2ccc(N3CC[C@H](NC(=O)c4cc(Cl)cc(Cl)c4O)C3)nn12.N#Cc1cccc(F)c1. The maximum atomic E-state index is 12.5. The van der Waals surface area contributed by atoms with Crippen molar-refractivity contribution in [1.29, 1.82) is 5.26 Å². The van der Waals surface area contributed by atoms with Crippen LogP contribution in [0.3, 0.4) is 0 Å².